The Balaban J connectivity index is 2.46. The zero-order valence-electron chi connectivity index (χ0n) is 9.20. The molecule has 1 rings (SSSR count). The van der Waals surface area contributed by atoms with Gasteiger partial charge in [-0.05, 0) is 0 Å². The van der Waals surface area contributed by atoms with Gasteiger partial charge in [0.2, 0.25) is 0 Å². The Morgan fingerprint density at radius 1 is 1.67 bits per heavy atom. The molecule has 0 saturated heterocycles. The molecule has 0 aliphatic carbocycles. The maximum atomic E-state index is 6.16. The van der Waals surface area contributed by atoms with Crippen LogP contribution >= 0.6 is 8.92 Å². The fraction of sp³-hybridized carbons (Fsp3) is 0.600. The van der Waals surface area contributed by atoms with E-state index >= 15 is 0 Å². The molecule has 0 bridgehead atoms. The molecule has 0 amide bonds. The number of halogens is 1. The summed E-state index contributed by atoms with van der Waals surface area (Å²) in [6.07, 6.45) is 2.62. The fourth-order valence-electron chi connectivity index (χ4n) is 1.49. The average molecular weight is 338 g/mol. The molecule has 86 valence electrons. The molecule has 0 saturated carbocycles. The van der Waals surface area contributed by atoms with E-state index in [0.29, 0.717) is 0 Å². The van der Waals surface area contributed by atoms with E-state index in [1.807, 2.05) is 19.9 Å². The Morgan fingerprint density at radius 2 is 2.40 bits per heavy atom. The van der Waals surface area contributed by atoms with Crippen molar-refractivity contribution in [2.75, 3.05) is 6.61 Å². The van der Waals surface area contributed by atoms with Gasteiger partial charge < -0.3 is 0 Å². The van der Waals surface area contributed by atoms with E-state index in [1.54, 1.807) is 6.26 Å². The zero-order valence-corrected chi connectivity index (χ0v) is 13.3. The summed E-state index contributed by atoms with van der Waals surface area (Å²) in [6, 6.07) is 1.92. The number of rotatable bonds is 6. The molecule has 1 heterocycles. The Labute approximate surface area is 102 Å². The van der Waals surface area contributed by atoms with E-state index < -0.39 is 19.0 Å². The number of hydrogen-bond acceptors (Lipinski definition) is 3. The van der Waals surface area contributed by atoms with Crippen LogP contribution in [0.15, 0.2) is 16.7 Å². The van der Waals surface area contributed by atoms with Crippen LogP contribution in [-0.2, 0) is 9.49 Å². The van der Waals surface area contributed by atoms with Crippen LogP contribution < -0.4 is 5.73 Å². The molecular formula is C10H18ClNO2Sn. The quantitative estimate of drug-likeness (QED) is 0.810. The number of aryl methyl sites for hydroxylation is 1. The summed E-state index contributed by atoms with van der Waals surface area (Å²) in [4.78, 5) is 0. The molecule has 2 N–H and O–H groups in total. The molecule has 0 fully saturated rings. The molecule has 0 aliphatic heterocycles. The fourth-order valence-corrected chi connectivity index (χ4v) is 6.11. The van der Waals surface area contributed by atoms with Crippen molar-refractivity contribution in [2.45, 2.75) is 30.7 Å². The van der Waals surface area contributed by atoms with Crippen LogP contribution in [-0.4, -0.2) is 25.7 Å². The van der Waals surface area contributed by atoms with Gasteiger partial charge in [0.05, 0.1) is 0 Å². The van der Waals surface area contributed by atoms with Crippen molar-refractivity contribution in [1.29, 1.82) is 0 Å². The molecule has 1 aromatic heterocycles. The van der Waals surface area contributed by atoms with Crippen molar-refractivity contribution >= 4 is 28.0 Å². The first-order valence-electron chi connectivity index (χ1n) is 5.22. The molecule has 0 radical (unpaired) electrons. The van der Waals surface area contributed by atoms with Gasteiger partial charge in [-0.3, -0.25) is 0 Å². The average Bonchev–Trinajstić information content (AvgIpc) is 2.63. The van der Waals surface area contributed by atoms with Gasteiger partial charge in [-0.25, -0.2) is 0 Å². The van der Waals surface area contributed by atoms with Gasteiger partial charge in [0.25, 0.3) is 0 Å². The van der Waals surface area contributed by atoms with Crippen LogP contribution in [0, 0.1) is 0 Å². The molecule has 0 spiro atoms. The van der Waals surface area contributed by atoms with E-state index in [2.05, 4.69) is 0 Å². The summed E-state index contributed by atoms with van der Waals surface area (Å²) in [5.74, 6) is 0.877. The van der Waals surface area contributed by atoms with Crippen LogP contribution in [0.25, 0.3) is 0 Å². The second-order valence-corrected chi connectivity index (χ2v) is 11.7. The minimum atomic E-state index is -2.16. The van der Waals surface area contributed by atoms with Gasteiger partial charge in [-0.15, -0.1) is 0 Å². The maximum absolute atomic E-state index is 6.16. The summed E-state index contributed by atoms with van der Waals surface area (Å²) >= 11 is -2.16. The van der Waals surface area contributed by atoms with Crippen molar-refractivity contribution < 1.29 is 7.49 Å². The molecule has 0 aliphatic rings. The number of nitrogens with two attached hydrogens (primary N) is 1. The Kier molecular flexibility index (Phi) is 6.04. The van der Waals surface area contributed by atoms with Crippen LogP contribution in [0.3, 0.4) is 0 Å². The first-order valence-corrected chi connectivity index (χ1v) is 13.1. The number of furan rings is 1. The van der Waals surface area contributed by atoms with Gasteiger partial charge in [0.1, 0.15) is 0 Å². The Hall–Kier alpha value is 0.289. The van der Waals surface area contributed by atoms with Crippen molar-refractivity contribution in [3.05, 3.63) is 23.7 Å². The Morgan fingerprint density at radius 3 is 3.00 bits per heavy atom. The molecule has 1 aromatic rings. The molecule has 2 atom stereocenters. The molecule has 15 heavy (non-hydrogen) atoms. The van der Waals surface area contributed by atoms with Gasteiger partial charge in [-0.1, -0.05) is 0 Å². The van der Waals surface area contributed by atoms with E-state index in [9.17, 15) is 0 Å². The second kappa shape index (κ2) is 6.78. The van der Waals surface area contributed by atoms with Crippen molar-refractivity contribution in [2.24, 2.45) is 5.73 Å². The van der Waals surface area contributed by atoms with Gasteiger partial charge in [0.15, 0.2) is 0 Å². The predicted octanol–water partition coefficient (Wildman–Crippen LogP) is 2.34. The van der Waals surface area contributed by atoms with Crippen molar-refractivity contribution in [3.63, 3.8) is 0 Å². The van der Waals surface area contributed by atoms with E-state index in [1.165, 1.54) is 5.56 Å². The molecule has 0 aromatic carbocycles. The van der Waals surface area contributed by atoms with Crippen LogP contribution in [0.2, 0.25) is 4.44 Å². The van der Waals surface area contributed by atoms with Gasteiger partial charge in [0, 0.05) is 0 Å². The first-order chi connectivity index (χ1) is 7.15. The Bertz CT molecular complexity index is 291. The molecule has 2 unspecified atom stereocenters. The molecule has 5 heteroatoms. The third-order valence-corrected chi connectivity index (χ3v) is 8.59. The van der Waals surface area contributed by atoms with Gasteiger partial charge in [-0.2, -0.15) is 0 Å². The van der Waals surface area contributed by atoms with E-state index in [4.69, 9.17) is 22.1 Å². The summed E-state index contributed by atoms with van der Waals surface area (Å²) in [5, 5.41) is 0. The van der Waals surface area contributed by atoms with Crippen LogP contribution in [0.4, 0.5) is 0 Å². The summed E-state index contributed by atoms with van der Waals surface area (Å²) in [6.45, 7) is 4.64. The van der Waals surface area contributed by atoms with E-state index in [0.717, 1.165) is 23.2 Å². The normalized spacial score (nSPS) is 15.2. The van der Waals surface area contributed by atoms with Gasteiger partial charge >= 0.3 is 102 Å². The predicted molar refractivity (Wildman–Crippen MR) is 64.4 cm³/mol. The minimum absolute atomic E-state index is 0.0499. The van der Waals surface area contributed by atoms with Crippen LogP contribution in [0.5, 0.6) is 0 Å². The van der Waals surface area contributed by atoms with Crippen LogP contribution in [0.1, 0.15) is 31.2 Å². The number of hydrogen-bond donors (Lipinski definition) is 1. The third kappa shape index (κ3) is 4.34. The molecule has 3 nitrogen and oxygen atoms in total. The second-order valence-electron chi connectivity index (χ2n) is 3.50. The summed E-state index contributed by atoms with van der Waals surface area (Å²) in [7, 11) is 6.16. The zero-order chi connectivity index (χ0) is 11.3. The van der Waals surface area contributed by atoms with E-state index in [-0.39, 0.29) is 6.04 Å². The first kappa shape index (κ1) is 13.4. The monoisotopic (exact) mass is 339 g/mol. The standard InChI is InChI=1S/C8H12NO.C2H5O.ClH.Sn.H/c1-3-7-4-5-10-8(7)6(2)9;1-2-3;;;/h4-6H,1,3,9H2,2H3;2H2,1H3;1H;;/q;-1;;+2;/p-1. The topological polar surface area (TPSA) is 48.4 Å². The summed E-state index contributed by atoms with van der Waals surface area (Å²) in [5.41, 5.74) is 6.96. The summed E-state index contributed by atoms with van der Waals surface area (Å²) < 4.78 is 11.8. The van der Waals surface area contributed by atoms with Crippen molar-refractivity contribution in [1.82, 2.24) is 0 Å². The third-order valence-electron chi connectivity index (χ3n) is 2.18. The van der Waals surface area contributed by atoms with Crippen molar-refractivity contribution in [3.8, 4) is 0 Å². The molecular weight excluding hydrogens is 320 g/mol. The SMILES string of the molecule is CC[O][SnH]([Cl])[CH2]Cc1ccoc1C(C)N.